The molecule has 0 aliphatic rings. The average molecular weight is 519 g/mol. The van der Waals surface area contributed by atoms with Crippen LogP contribution in [0.25, 0.3) is 11.1 Å². The van der Waals surface area contributed by atoms with Gasteiger partial charge in [0.15, 0.2) is 0 Å². The van der Waals surface area contributed by atoms with Crippen molar-refractivity contribution in [3.8, 4) is 11.1 Å². The number of benzene rings is 3. The second-order valence-electron chi connectivity index (χ2n) is 8.17. The molecular weight excluding hydrogens is 493 g/mol. The molecule has 36 heavy (non-hydrogen) atoms. The van der Waals surface area contributed by atoms with Gasteiger partial charge in [-0.2, -0.15) is 13.2 Å². The lowest BCUT2D eigenvalue weighted by molar-refractivity contribution is -0.140. The number of amides is 2. The van der Waals surface area contributed by atoms with Crippen molar-refractivity contribution in [1.82, 2.24) is 10.6 Å². The molecule has 0 radical (unpaired) electrons. The number of halogens is 4. The molecule has 0 aromatic heterocycles. The van der Waals surface area contributed by atoms with E-state index in [2.05, 4.69) is 10.6 Å². The summed E-state index contributed by atoms with van der Waals surface area (Å²) in [6.45, 7) is 2.04. The lowest BCUT2D eigenvalue weighted by Gasteiger charge is -2.23. The molecule has 0 spiro atoms. The first-order valence-electron chi connectivity index (χ1n) is 11.3. The fourth-order valence-corrected chi connectivity index (χ4v) is 4.08. The first-order chi connectivity index (χ1) is 17.1. The molecule has 2 amide bonds. The molecule has 2 N–H and O–H groups in total. The van der Waals surface area contributed by atoms with Crippen LogP contribution < -0.4 is 10.6 Å². The molecule has 0 bridgehead atoms. The Morgan fingerprint density at radius 1 is 1.00 bits per heavy atom. The molecule has 3 aromatic rings. The molecule has 0 saturated heterocycles. The standard InChI is InChI=1S/C27H26ClF3N2O3/c1-3-24(33-26(35)32-16-17-7-5-4-6-8-17)23-15-20(27(29,30)31)9-10-22(23)19-11-18(12-21(28)14-19)13-25(34)36-2/h4-12,14-15,24H,3,13,16H2,1-2H3,(H2,32,33,35). The minimum absolute atomic E-state index is 0.0443. The Hall–Kier alpha value is -3.52. The number of carbonyl (C=O) groups excluding carboxylic acids is 2. The third-order valence-electron chi connectivity index (χ3n) is 5.61. The Morgan fingerprint density at radius 2 is 1.72 bits per heavy atom. The van der Waals surface area contributed by atoms with Gasteiger partial charge in [0.25, 0.3) is 0 Å². The molecule has 0 heterocycles. The zero-order chi connectivity index (χ0) is 26.3. The van der Waals surface area contributed by atoms with Crippen LogP contribution in [0.3, 0.4) is 0 Å². The van der Waals surface area contributed by atoms with Gasteiger partial charge < -0.3 is 15.4 Å². The van der Waals surface area contributed by atoms with Crippen molar-refractivity contribution in [2.24, 2.45) is 0 Å². The molecule has 3 rings (SSSR count). The summed E-state index contributed by atoms with van der Waals surface area (Å²) >= 11 is 6.27. The quantitative estimate of drug-likeness (QED) is 0.326. The molecule has 0 aliphatic carbocycles. The minimum Gasteiger partial charge on any atom is -0.469 e. The van der Waals surface area contributed by atoms with Crippen LogP contribution in [0.4, 0.5) is 18.0 Å². The fourth-order valence-electron chi connectivity index (χ4n) is 3.82. The molecule has 190 valence electrons. The Morgan fingerprint density at radius 3 is 2.36 bits per heavy atom. The maximum absolute atomic E-state index is 13.6. The SMILES string of the molecule is CCC(NC(=O)NCc1ccccc1)c1cc(C(F)(F)F)ccc1-c1cc(Cl)cc(CC(=O)OC)c1. The van der Waals surface area contributed by atoms with Crippen LogP contribution in [0.2, 0.25) is 5.02 Å². The van der Waals surface area contributed by atoms with Gasteiger partial charge in [-0.15, -0.1) is 0 Å². The third-order valence-corrected chi connectivity index (χ3v) is 5.83. The van der Waals surface area contributed by atoms with Crippen molar-refractivity contribution >= 4 is 23.6 Å². The Kier molecular flexibility index (Phi) is 8.98. The smallest absolute Gasteiger partial charge is 0.416 e. The average Bonchev–Trinajstić information content (AvgIpc) is 2.85. The maximum Gasteiger partial charge on any atom is 0.416 e. The highest BCUT2D eigenvalue weighted by molar-refractivity contribution is 6.31. The van der Waals surface area contributed by atoms with Crippen molar-refractivity contribution in [2.45, 2.75) is 38.5 Å². The van der Waals surface area contributed by atoms with Crippen molar-refractivity contribution < 1.29 is 27.5 Å². The van der Waals surface area contributed by atoms with Crippen molar-refractivity contribution in [3.05, 3.63) is 94.0 Å². The Balaban J connectivity index is 1.96. The van der Waals surface area contributed by atoms with Gasteiger partial charge in [0, 0.05) is 11.6 Å². The monoisotopic (exact) mass is 518 g/mol. The van der Waals surface area contributed by atoms with E-state index in [0.29, 0.717) is 28.1 Å². The number of esters is 1. The van der Waals surface area contributed by atoms with Crippen LogP contribution in [-0.4, -0.2) is 19.1 Å². The molecule has 0 fully saturated rings. The van der Waals surface area contributed by atoms with Gasteiger partial charge in [0.2, 0.25) is 0 Å². The molecule has 0 saturated carbocycles. The lowest BCUT2D eigenvalue weighted by Crippen LogP contribution is -2.37. The van der Waals surface area contributed by atoms with E-state index in [0.717, 1.165) is 17.7 Å². The molecule has 9 heteroatoms. The van der Waals surface area contributed by atoms with Gasteiger partial charge in [-0.1, -0.05) is 61.0 Å². The molecule has 1 atom stereocenters. The number of urea groups is 1. The Bertz CT molecular complexity index is 1220. The molecule has 5 nitrogen and oxygen atoms in total. The number of hydrogen-bond donors (Lipinski definition) is 2. The van der Waals surface area contributed by atoms with Crippen LogP contribution in [-0.2, 0) is 28.7 Å². The third kappa shape index (κ3) is 7.24. The van der Waals surface area contributed by atoms with E-state index >= 15 is 0 Å². The zero-order valence-electron chi connectivity index (χ0n) is 19.8. The minimum atomic E-state index is -4.56. The van der Waals surface area contributed by atoms with Gasteiger partial charge in [0.05, 0.1) is 25.1 Å². The summed E-state index contributed by atoms with van der Waals surface area (Å²) in [4.78, 5) is 24.4. The second-order valence-corrected chi connectivity index (χ2v) is 8.61. The van der Waals surface area contributed by atoms with Crippen LogP contribution >= 0.6 is 11.6 Å². The predicted octanol–water partition coefficient (Wildman–Crippen LogP) is 6.69. The van der Waals surface area contributed by atoms with E-state index in [-0.39, 0.29) is 18.5 Å². The molecule has 1 unspecified atom stereocenters. The van der Waals surface area contributed by atoms with Gasteiger partial charge in [-0.25, -0.2) is 4.79 Å². The highest BCUT2D eigenvalue weighted by atomic mass is 35.5. The highest BCUT2D eigenvalue weighted by Crippen LogP contribution is 2.37. The van der Waals surface area contributed by atoms with Crippen molar-refractivity contribution in [3.63, 3.8) is 0 Å². The van der Waals surface area contributed by atoms with Gasteiger partial charge >= 0.3 is 18.2 Å². The maximum atomic E-state index is 13.6. The number of ether oxygens (including phenoxy) is 1. The first-order valence-corrected chi connectivity index (χ1v) is 11.6. The van der Waals surface area contributed by atoms with Gasteiger partial charge in [0.1, 0.15) is 0 Å². The normalized spacial score (nSPS) is 12.1. The van der Waals surface area contributed by atoms with Crippen LogP contribution in [0, 0.1) is 0 Å². The zero-order valence-corrected chi connectivity index (χ0v) is 20.5. The van der Waals surface area contributed by atoms with Crippen molar-refractivity contribution in [2.75, 3.05) is 7.11 Å². The molecular formula is C27H26ClF3N2O3. The van der Waals surface area contributed by atoms with E-state index in [1.165, 1.54) is 13.2 Å². The van der Waals surface area contributed by atoms with Gasteiger partial charge in [-0.3, -0.25) is 4.79 Å². The second kappa shape index (κ2) is 11.9. The molecule has 0 aliphatic heterocycles. The summed E-state index contributed by atoms with van der Waals surface area (Å²) in [5.41, 5.74) is 1.88. The summed E-state index contributed by atoms with van der Waals surface area (Å²) in [5.74, 6) is -0.473. The molecule has 3 aromatic carbocycles. The number of methoxy groups -OCH3 is 1. The summed E-state index contributed by atoms with van der Waals surface area (Å²) < 4.78 is 45.4. The van der Waals surface area contributed by atoms with E-state index in [9.17, 15) is 22.8 Å². The topological polar surface area (TPSA) is 67.4 Å². The summed E-state index contributed by atoms with van der Waals surface area (Å²) in [6.07, 6.45) is -4.27. The van der Waals surface area contributed by atoms with E-state index in [1.54, 1.807) is 25.1 Å². The van der Waals surface area contributed by atoms with Crippen LogP contribution in [0.1, 0.15) is 41.6 Å². The fraction of sp³-hybridized carbons (Fsp3) is 0.259. The predicted molar refractivity (Wildman–Crippen MR) is 132 cm³/mol. The number of rotatable bonds is 8. The largest absolute Gasteiger partial charge is 0.469 e. The van der Waals surface area contributed by atoms with E-state index in [1.807, 2.05) is 30.3 Å². The number of nitrogens with one attached hydrogen (secondary N) is 2. The van der Waals surface area contributed by atoms with Crippen LogP contribution in [0.15, 0.2) is 66.7 Å². The van der Waals surface area contributed by atoms with Crippen LogP contribution in [0.5, 0.6) is 0 Å². The number of hydrogen-bond acceptors (Lipinski definition) is 3. The van der Waals surface area contributed by atoms with Crippen molar-refractivity contribution in [1.29, 1.82) is 0 Å². The first kappa shape index (κ1) is 27.1. The number of alkyl halides is 3. The number of carbonyl (C=O) groups is 2. The summed E-state index contributed by atoms with van der Waals surface area (Å²) in [5, 5.41) is 5.85. The summed E-state index contributed by atoms with van der Waals surface area (Å²) in [7, 11) is 1.27. The van der Waals surface area contributed by atoms with E-state index < -0.39 is 29.8 Å². The van der Waals surface area contributed by atoms with Gasteiger partial charge in [-0.05, 0) is 58.5 Å². The van der Waals surface area contributed by atoms with E-state index in [4.69, 9.17) is 16.3 Å². The Labute approximate surface area is 212 Å². The lowest BCUT2D eigenvalue weighted by atomic mass is 9.90. The summed E-state index contributed by atoms with van der Waals surface area (Å²) in [6, 6.07) is 16.3. The highest BCUT2D eigenvalue weighted by Gasteiger charge is 2.32.